The standard InChI is InChI=1S/C18H25N3O3/c1-14-3-2-8-21(13-14)18(23)19-16-6-4-15(5-7-16)17(22)20-9-11-24-12-10-20/h4-7,14H,2-3,8-13H2,1H3,(H,19,23)/t14-/m0/s1. The van der Waals surface area contributed by atoms with Crippen molar-refractivity contribution in [1.82, 2.24) is 9.80 Å². The Morgan fingerprint density at radius 3 is 2.46 bits per heavy atom. The molecule has 0 aliphatic carbocycles. The maximum Gasteiger partial charge on any atom is 0.321 e. The van der Waals surface area contributed by atoms with Crippen LogP contribution in [0.5, 0.6) is 0 Å². The predicted octanol–water partition coefficient (Wildman–Crippen LogP) is 2.42. The molecule has 130 valence electrons. The second-order valence-corrected chi connectivity index (χ2v) is 6.61. The molecule has 6 heteroatoms. The summed E-state index contributed by atoms with van der Waals surface area (Å²) in [6.07, 6.45) is 2.24. The van der Waals surface area contributed by atoms with Crippen LogP contribution in [0.3, 0.4) is 0 Å². The van der Waals surface area contributed by atoms with Crippen LogP contribution in [0.1, 0.15) is 30.1 Å². The van der Waals surface area contributed by atoms with Crippen molar-refractivity contribution in [3.05, 3.63) is 29.8 Å². The lowest BCUT2D eigenvalue weighted by molar-refractivity contribution is 0.0303. The molecule has 1 N–H and O–H groups in total. The summed E-state index contributed by atoms with van der Waals surface area (Å²) in [4.78, 5) is 28.4. The lowest BCUT2D eigenvalue weighted by Crippen LogP contribution is -2.41. The molecule has 2 heterocycles. The Morgan fingerprint density at radius 2 is 1.79 bits per heavy atom. The topological polar surface area (TPSA) is 61.9 Å². The van der Waals surface area contributed by atoms with Gasteiger partial charge in [0.2, 0.25) is 0 Å². The minimum absolute atomic E-state index is 0.0148. The van der Waals surface area contributed by atoms with Gasteiger partial charge in [0.25, 0.3) is 5.91 Å². The SMILES string of the molecule is C[C@H]1CCCN(C(=O)Nc2ccc(C(=O)N3CCOCC3)cc2)C1. The number of carbonyl (C=O) groups excluding carboxylic acids is 2. The molecule has 2 saturated heterocycles. The van der Waals surface area contributed by atoms with E-state index in [0.29, 0.717) is 37.8 Å². The van der Waals surface area contributed by atoms with Crippen molar-refractivity contribution in [3.8, 4) is 0 Å². The average Bonchev–Trinajstić information content (AvgIpc) is 2.62. The molecule has 1 aromatic rings. The van der Waals surface area contributed by atoms with Crippen molar-refractivity contribution in [2.24, 2.45) is 5.92 Å². The number of ether oxygens (including phenoxy) is 1. The number of nitrogens with zero attached hydrogens (tertiary/aromatic N) is 2. The third kappa shape index (κ3) is 4.06. The van der Waals surface area contributed by atoms with Gasteiger partial charge in [-0.15, -0.1) is 0 Å². The third-order valence-corrected chi connectivity index (χ3v) is 4.63. The van der Waals surface area contributed by atoms with Gasteiger partial charge >= 0.3 is 6.03 Å². The number of hydrogen-bond acceptors (Lipinski definition) is 3. The quantitative estimate of drug-likeness (QED) is 0.905. The first kappa shape index (κ1) is 16.8. The number of urea groups is 1. The van der Waals surface area contributed by atoms with Crippen LogP contribution in [-0.2, 0) is 4.74 Å². The fraction of sp³-hybridized carbons (Fsp3) is 0.556. The van der Waals surface area contributed by atoms with E-state index >= 15 is 0 Å². The van der Waals surface area contributed by atoms with Crippen LogP contribution >= 0.6 is 0 Å². The van der Waals surface area contributed by atoms with Crippen LogP contribution in [0.2, 0.25) is 0 Å². The zero-order chi connectivity index (χ0) is 16.9. The van der Waals surface area contributed by atoms with Gasteiger partial charge in [-0.05, 0) is 43.0 Å². The maximum atomic E-state index is 12.4. The average molecular weight is 331 g/mol. The summed E-state index contributed by atoms with van der Waals surface area (Å²) in [5, 5.41) is 2.92. The van der Waals surface area contributed by atoms with Crippen molar-refractivity contribution in [3.63, 3.8) is 0 Å². The monoisotopic (exact) mass is 331 g/mol. The van der Waals surface area contributed by atoms with Gasteiger partial charge in [-0.2, -0.15) is 0 Å². The third-order valence-electron chi connectivity index (χ3n) is 4.63. The van der Waals surface area contributed by atoms with Gasteiger partial charge in [-0.25, -0.2) is 4.79 Å². The van der Waals surface area contributed by atoms with Gasteiger partial charge in [0.1, 0.15) is 0 Å². The number of amides is 3. The Kier molecular flexibility index (Phi) is 5.35. The highest BCUT2D eigenvalue weighted by Gasteiger charge is 2.21. The van der Waals surface area contributed by atoms with E-state index in [1.54, 1.807) is 29.2 Å². The molecule has 2 aliphatic rings. The van der Waals surface area contributed by atoms with Crippen molar-refractivity contribution in [2.45, 2.75) is 19.8 Å². The molecule has 0 aromatic heterocycles. The van der Waals surface area contributed by atoms with Crippen molar-refractivity contribution in [2.75, 3.05) is 44.7 Å². The molecule has 3 rings (SSSR count). The Hall–Kier alpha value is -2.08. The normalized spacial score (nSPS) is 21.5. The number of carbonyl (C=O) groups is 2. The van der Waals surface area contributed by atoms with Crippen LogP contribution in [0.15, 0.2) is 24.3 Å². The molecule has 0 spiro atoms. The van der Waals surface area contributed by atoms with Crippen LogP contribution in [0.25, 0.3) is 0 Å². The molecule has 2 aliphatic heterocycles. The molecule has 6 nitrogen and oxygen atoms in total. The molecule has 0 radical (unpaired) electrons. The molecule has 1 atom stereocenters. The van der Waals surface area contributed by atoms with Gasteiger partial charge in [0.05, 0.1) is 13.2 Å². The summed E-state index contributed by atoms with van der Waals surface area (Å²) >= 11 is 0. The molecule has 0 bridgehead atoms. The number of morpholine rings is 1. The first-order chi connectivity index (χ1) is 11.6. The summed E-state index contributed by atoms with van der Waals surface area (Å²) < 4.78 is 5.27. The van der Waals surface area contributed by atoms with E-state index in [1.807, 2.05) is 4.90 Å². The molecule has 1 aromatic carbocycles. The second kappa shape index (κ2) is 7.66. The summed E-state index contributed by atoms with van der Waals surface area (Å²) in [5.74, 6) is 0.569. The van der Waals surface area contributed by atoms with Crippen molar-refractivity contribution >= 4 is 17.6 Å². The van der Waals surface area contributed by atoms with E-state index in [9.17, 15) is 9.59 Å². The highest BCUT2D eigenvalue weighted by molar-refractivity contribution is 5.95. The predicted molar refractivity (Wildman–Crippen MR) is 92.2 cm³/mol. The molecule has 0 saturated carbocycles. The molecule has 0 unspecified atom stereocenters. The number of nitrogens with one attached hydrogen (secondary N) is 1. The zero-order valence-corrected chi connectivity index (χ0v) is 14.2. The summed E-state index contributed by atoms with van der Waals surface area (Å²) in [5.41, 5.74) is 1.36. The van der Waals surface area contributed by atoms with E-state index in [-0.39, 0.29) is 11.9 Å². The van der Waals surface area contributed by atoms with E-state index in [1.165, 1.54) is 6.42 Å². The molecule has 3 amide bonds. The van der Waals surface area contributed by atoms with Gasteiger partial charge in [-0.3, -0.25) is 4.79 Å². The largest absolute Gasteiger partial charge is 0.378 e. The number of rotatable bonds is 2. The lowest BCUT2D eigenvalue weighted by atomic mass is 10.0. The van der Waals surface area contributed by atoms with Crippen molar-refractivity contribution in [1.29, 1.82) is 0 Å². The van der Waals surface area contributed by atoms with E-state index in [4.69, 9.17) is 4.74 Å². The smallest absolute Gasteiger partial charge is 0.321 e. The number of anilines is 1. The van der Waals surface area contributed by atoms with Crippen LogP contribution in [0, 0.1) is 5.92 Å². The van der Waals surface area contributed by atoms with E-state index < -0.39 is 0 Å². The van der Waals surface area contributed by atoms with E-state index in [0.717, 1.165) is 25.2 Å². The Bertz CT molecular complexity index is 582. The summed E-state index contributed by atoms with van der Waals surface area (Å²) in [6.45, 7) is 6.23. The van der Waals surface area contributed by atoms with Gasteiger partial charge in [0, 0.05) is 37.4 Å². The Morgan fingerprint density at radius 1 is 1.08 bits per heavy atom. The molecule has 24 heavy (non-hydrogen) atoms. The van der Waals surface area contributed by atoms with Crippen LogP contribution < -0.4 is 5.32 Å². The Labute approximate surface area is 142 Å². The zero-order valence-electron chi connectivity index (χ0n) is 14.2. The van der Waals surface area contributed by atoms with Gasteiger partial charge in [0.15, 0.2) is 0 Å². The molecular weight excluding hydrogens is 306 g/mol. The number of likely N-dealkylation sites (tertiary alicyclic amines) is 1. The molecular formula is C18H25N3O3. The van der Waals surface area contributed by atoms with Crippen molar-refractivity contribution < 1.29 is 14.3 Å². The highest BCUT2D eigenvalue weighted by Crippen LogP contribution is 2.18. The maximum absolute atomic E-state index is 12.4. The highest BCUT2D eigenvalue weighted by atomic mass is 16.5. The summed E-state index contributed by atoms with van der Waals surface area (Å²) in [6, 6.07) is 7.06. The Balaban J connectivity index is 1.57. The molecule has 2 fully saturated rings. The first-order valence-corrected chi connectivity index (χ1v) is 8.66. The lowest BCUT2D eigenvalue weighted by Gasteiger charge is -2.31. The van der Waals surface area contributed by atoms with E-state index in [2.05, 4.69) is 12.2 Å². The fourth-order valence-electron chi connectivity index (χ4n) is 3.22. The number of hydrogen-bond donors (Lipinski definition) is 1. The first-order valence-electron chi connectivity index (χ1n) is 8.66. The van der Waals surface area contributed by atoms with Crippen LogP contribution in [0.4, 0.5) is 10.5 Å². The minimum atomic E-state index is -0.0613. The minimum Gasteiger partial charge on any atom is -0.378 e. The fourth-order valence-corrected chi connectivity index (χ4v) is 3.22. The second-order valence-electron chi connectivity index (χ2n) is 6.61. The van der Waals surface area contributed by atoms with Gasteiger partial charge in [-0.1, -0.05) is 6.92 Å². The van der Waals surface area contributed by atoms with Crippen LogP contribution in [-0.4, -0.2) is 61.1 Å². The number of benzene rings is 1. The van der Waals surface area contributed by atoms with Gasteiger partial charge < -0.3 is 19.9 Å². The summed E-state index contributed by atoms with van der Waals surface area (Å²) in [7, 11) is 0. The number of piperidine rings is 1.